The molecule has 1 aromatic heterocycles. The van der Waals surface area contributed by atoms with Gasteiger partial charge in [-0.25, -0.2) is 9.18 Å². The van der Waals surface area contributed by atoms with E-state index >= 15 is 0 Å². The number of benzene rings is 2. The van der Waals surface area contributed by atoms with E-state index < -0.39 is 17.8 Å². The van der Waals surface area contributed by atoms with Crippen LogP contribution in [0.3, 0.4) is 0 Å². The van der Waals surface area contributed by atoms with Gasteiger partial charge in [-0.15, -0.1) is 10.2 Å². The van der Waals surface area contributed by atoms with Crippen molar-refractivity contribution in [3.63, 3.8) is 0 Å². The third-order valence-electron chi connectivity index (χ3n) is 3.89. The standard InChI is InChI=1S/C20H16F4N4O2/c21-15-5-1-13(2-6-15)17-9-10-18(28-27-17)30-12-11-25-19(29)26-16-7-3-14(4-8-16)20(22,23)24/h1-10H,11-12H2,(H2,25,26,29). The van der Waals surface area contributed by atoms with Gasteiger partial charge < -0.3 is 15.4 Å². The Morgan fingerprint density at radius 2 is 1.63 bits per heavy atom. The summed E-state index contributed by atoms with van der Waals surface area (Å²) in [5.74, 6) is -0.104. The fourth-order valence-corrected chi connectivity index (χ4v) is 2.41. The maximum Gasteiger partial charge on any atom is 0.416 e. The number of urea groups is 1. The van der Waals surface area contributed by atoms with Crippen molar-refractivity contribution in [1.82, 2.24) is 15.5 Å². The lowest BCUT2D eigenvalue weighted by atomic mass is 10.1. The highest BCUT2D eigenvalue weighted by molar-refractivity contribution is 5.89. The number of rotatable bonds is 6. The lowest BCUT2D eigenvalue weighted by molar-refractivity contribution is -0.137. The van der Waals surface area contributed by atoms with Gasteiger partial charge >= 0.3 is 12.2 Å². The summed E-state index contributed by atoms with van der Waals surface area (Å²) in [4.78, 5) is 11.8. The molecule has 10 heteroatoms. The quantitative estimate of drug-likeness (QED) is 0.455. The number of carbonyl (C=O) groups is 1. The van der Waals surface area contributed by atoms with Gasteiger partial charge in [0.05, 0.1) is 17.8 Å². The molecule has 0 aliphatic rings. The Balaban J connectivity index is 1.41. The molecule has 0 spiro atoms. The fourth-order valence-electron chi connectivity index (χ4n) is 2.41. The molecule has 2 N–H and O–H groups in total. The Hall–Kier alpha value is -3.69. The summed E-state index contributed by atoms with van der Waals surface area (Å²) in [7, 11) is 0. The van der Waals surface area contributed by atoms with E-state index in [1.807, 2.05) is 0 Å². The zero-order valence-electron chi connectivity index (χ0n) is 15.4. The summed E-state index contributed by atoms with van der Waals surface area (Å²) in [5.41, 5.74) is 0.686. The lowest BCUT2D eigenvalue weighted by Crippen LogP contribution is -2.32. The Morgan fingerprint density at radius 3 is 2.23 bits per heavy atom. The predicted molar refractivity (Wildman–Crippen MR) is 101 cm³/mol. The Bertz CT molecular complexity index is 976. The van der Waals surface area contributed by atoms with Crippen LogP contribution in [-0.2, 0) is 6.18 Å². The molecule has 0 radical (unpaired) electrons. The van der Waals surface area contributed by atoms with Crippen LogP contribution in [-0.4, -0.2) is 29.4 Å². The summed E-state index contributed by atoms with van der Waals surface area (Å²) in [6.45, 7) is 0.235. The van der Waals surface area contributed by atoms with Gasteiger partial charge in [-0.3, -0.25) is 0 Å². The number of anilines is 1. The summed E-state index contributed by atoms with van der Waals surface area (Å²) in [6, 6.07) is 12.6. The monoisotopic (exact) mass is 420 g/mol. The molecule has 1 heterocycles. The molecule has 0 saturated heterocycles. The second-order valence-corrected chi connectivity index (χ2v) is 6.07. The van der Waals surface area contributed by atoms with Gasteiger partial charge in [-0.2, -0.15) is 13.2 Å². The SMILES string of the molecule is O=C(NCCOc1ccc(-c2ccc(F)cc2)nn1)Nc1ccc(C(F)(F)F)cc1. The third-order valence-corrected chi connectivity index (χ3v) is 3.89. The van der Waals surface area contributed by atoms with Crippen LogP contribution in [0.15, 0.2) is 60.7 Å². The molecular weight excluding hydrogens is 404 g/mol. The third kappa shape index (κ3) is 5.90. The molecule has 3 rings (SSSR count). The van der Waals surface area contributed by atoms with Crippen LogP contribution in [0.1, 0.15) is 5.56 Å². The number of aromatic nitrogens is 2. The van der Waals surface area contributed by atoms with Crippen LogP contribution < -0.4 is 15.4 Å². The summed E-state index contributed by atoms with van der Waals surface area (Å²) in [5, 5.41) is 12.8. The van der Waals surface area contributed by atoms with E-state index in [1.54, 1.807) is 24.3 Å². The Morgan fingerprint density at radius 1 is 0.933 bits per heavy atom. The van der Waals surface area contributed by atoms with Crippen LogP contribution in [0.2, 0.25) is 0 Å². The minimum atomic E-state index is -4.43. The van der Waals surface area contributed by atoms with Gasteiger partial charge in [-0.05, 0) is 54.6 Å². The first-order chi connectivity index (χ1) is 14.3. The number of carbonyl (C=O) groups excluding carboxylic acids is 1. The number of nitrogens with one attached hydrogen (secondary N) is 2. The molecule has 0 fully saturated rings. The van der Waals surface area contributed by atoms with Gasteiger partial charge in [-0.1, -0.05) is 0 Å². The van der Waals surface area contributed by atoms with Crippen LogP contribution in [0.4, 0.5) is 28.0 Å². The Labute approximate surface area is 168 Å². The van der Waals surface area contributed by atoms with Crippen LogP contribution in [0.5, 0.6) is 5.88 Å². The Kier molecular flexibility index (Phi) is 6.45. The minimum absolute atomic E-state index is 0.102. The molecule has 0 bridgehead atoms. The molecule has 2 amide bonds. The van der Waals surface area contributed by atoms with E-state index in [0.717, 1.165) is 24.3 Å². The minimum Gasteiger partial charge on any atom is -0.475 e. The number of nitrogens with zero attached hydrogens (tertiary/aromatic N) is 2. The topological polar surface area (TPSA) is 76.1 Å². The summed E-state index contributed by atoms with van der Waals surface area (Å²) >= 11 is 0. The molecule has 0 unspecified atom stereocenters. The summed E-state index contributed by atoms with van der Waals surface area (Å²) < 4.78 is 55.9. The second kappa shape index (κ2) is 9.21. The van der Waals surface area contributed by atoms with Crippen molar-refractivity contribution in [1.29, 1.82) is 0 Å². The van der Waals surface area contributed by atoms with Crippen LogP contribution in [0, 0.1) is 5.82 Å². The maximum absolute atomic E-state index is 12.9. The highest BCUT2D eigenvalue weighted by Crippen LogP contribution is 2.29. The van der Waals surface area contributed by atoms with Gasteiger partial charge in [0.25, 0.3) is 0 Å². The van der Waals surface area contributed by atoms with E-state index in [2.05, 4.69) is 20.8 Å². The average Bonchev–Trinajstić information content (AvgIpc) is 2.72. The first kappa shape index (κ1) is 21.0. The molecule has 30 heavy (non-hydrogen) atoms. The van der Waals surface area contributed by atoms with Crippen LogP contribution in [0.25, 0.3) is 11.3 Å². The highest BCUT2D eigenvalue weighted by Gasteiger charge is 2.29. The lowest BCUT2D eigenvalue weighted by Gasteiger charge is -2.10. The number of hydrogen-bond acceptors (Lipinski definition) is 4. The van der Waals surface area contributed by atoms with Crippen molar-refractivity contribution in [2.75, 3.05) is 18.5 Å². The number of hydrogen-bond donors (Lipinski definition) is 2. The second-order valence-electron chi connectivity index (χ2n) is 6.07. The molecule has 3 aromatic rings. The maximum atomic E-state index is 12.9. The van der Waals surface area contributed by atoms with Crippen molar-refractivity contribution in [2.24, 2.45) is 0 Å². The zero-order chi connectivity index (χ0) is 21.6. The largest absolute Gasteiger partial charge is 0.475 e. The smallest absolute Gasteiger partial charge is 0.416 e. The molecule has 0 saturated carbocycles. The molecule has 6 nitrogen and oxygen atoms in total. The van der Waals surface area contributed by atoms with E-state index in [0.29, 0.717) is 11.3 Å². The molecule has 0 atom stereocenters. The van der Waals surface area contributed by atoms with Gasteiger partial charge in [0.1, 0.15) is 12.4 Å². The van der Waals surface area contributed by atoms with Crippen molar-refractivity contribution >= 4 is 11.7 Å². The highest BCUT2D eigenvalue weighted by atomic mass is 19.4. The van der Waals surface area contributed by atoms with E-state index in [-0.39, 0.29) is 30.5 Å². The van der Waals surface area contributed by atoms with E-state index in [1.165, 1.54) is 12.1 Å². The fraction of sp³-hybridized carbons (Fsp3) is 0.150. The molecule has 0 aliphatic heterocycles. The van der Waals surface area contributed by atoms with Crippen molar-refractivity contribution in [3.05, 3.63) is 72.0 Å². The first-order valence-corrected chi connectivity index (χ1v) is 8.76. The first-order valence-electron chi connectivity index (χ1n) is 8.76. The predicted octanol–water partition coefficient (Wildman–Crippen LogP) is 4.50. The summed E-state index contributed by atoms with van der Waals surface area (Å²) in [6.07, 6.45) is -4.43. The van der Waals surface area contributed by atoms with E-state index in [4.69, 9.17) is 4.74 Å². The normalized spacial score (nSPS) is 11.1. The van der Waals surface area contributed by atoms with Crippen LogP contribution >= 0.6 is 0 Å². The number of alkyl halides is 3. The molecule has 2 aromatic carbocycles. The van der Waals surface area contributed by atoms with Gasteiger partial charge in [0.2, 0.25) is 5.88 Å². The van der Waals surface area contributed by atoms with Crippen molar-refractivity contribution in [2.45, 2.75) is 6.18 Å². The molecule has 0 aliphatic carbocycles. The number of halogens is 4. The number of ether oxygens (including phenoxy) is 1. The zero-order valence-corrected chi connectivity index (χ0v) is 15.4. The van der Waals surface area contributed by atoms with Crippen molar-refractivity contribution in [3.8, 4) is 17.1 Å². The van der Waals surface area contributed by atoms with Crippen molar-refractivity contribution < 1.29 is 27.1 Å². The van der Waals surface area contributed by atoms with Gasteiger partial charge in [0, 0.05) is 17.3 Å². The molecule has 156 valence electrons. The molecular formula is C20H16F4N4O2. The van der Waals surface area contributed by atoms with Gasteiger partial charge in [0.15, 0.2) is 0 Å². The average molecular weight is 420 g/mol. The number of amides is 2. The van der Waals surface area contributed by atoms with E-state index in [9.17, 15) is 22.4 Å².